The Morgan fingerprint density at radius 3 is 2.22 bits per heavy atom. The van der Waals surface area contributed by atoms with Crippen LogP contribution in [0, 0.1) is 0 Å². The summed E-state index contributed by atoms with van der Waals surface area (Å²) in [6, 6.07) is 8.20. The van der Waals surface area contributed by atoms with Gasteiger partial charge in [-0.05, 0) is 31.0 Å². The first-order chi connectivity index (χ1) is 8.74. The Kier molecular flexibility index (Phi) is 7.51. The maximum atomic E-state index is 5.80. The molecule has 0 radical (unpaired) electrons. The van der Waals surface area contributed by atoms with Crippen LogP contribution in [0.3, 0.4) is 0 Å². The van der Waals surface area contributed by atoms with Gasteiger partial charge in [0, 0.05) is 6.04 Å². The van der Waals surface area contributed by atoms with Gasteiger partial charge < -0.3 is 10.5 Å². The van der Waals surface area contributed by atoms with Crippen LogP contribution in [0.25, 0.3) is 0 Å². The van der Waals surface area contributed by atoms with Crippen molar-refractivity contribution in [1.82, 2.24) is 0 Å². The molecular weight excluding hydrogens is 222 g/mol. The van der Waals surface area contributed by atoms with E-state index in [4.69, 9.17) is 10.5 Å². The molecule has 0 aromatic heterocycles. The zero-order chi connectivity index (χ0) is 13.2. The van der Waals surface area contributed by atoms with Gasteiger partial charge in [-0.15, -0.1) is 0 Å². The van der Waals surface area contributed by atoms with E-state index in [9.17, 15) is 0 Å². The van der Waals surface area contributed by atoms with E-state index in [1.54, 1.807) is 0 Å². The topological polar surface area (TPSA) is 35.2 Å². The van der Waals surface area contributed by atoms with Gasteiger partial charge in [-0.3, -0.25) is 0 Å². The van der Waals surface area contributed by atoms with Crippen molar-refractivity contribution in [3.05, 3.63) is 29.8 Å². The highest BCUT2D eigenvalue weighted by atomic mass is 16.5. The van der Waals surface area contributed by atoms with E-state index in [1.165, 1.54) is 32.1 Å². The smallest absolute Gasteiger partial charge is 0.119 e. The summed E-state index contributed by atoms with van der Waals surface area (Å²) < 4.78 is 5.71. The number of benzene rings is 1. The van der Waals surface area contributed by atoms with Gasteiger partial charge in [-0.25, -0.2) is 0 Å². The monoisotopic (exact) mass is 249 g/mol. The van der Waals surface area contributed by atoms with Gasteiger partial charge in [-0.2, -0.15) is 0 Å². The predicted octanol–water partition coefficient (Wildman–Crippen LogP) is 4.45. The molecule has 0 heterocycles. The second-order valence-corrected chi connectivity index (χ2v) is 4.97. The minimum Gasteiger partial charge on any atom is -0.494 e. The van der Waals surface area contributed by atoms with Gasteiger partial charge >= 0.3 is 0 Å². The first-order valence-corrected chi connectivity index (χ1v) is 7.22. The van der Waals surface area contributed by atoms with Gasteiger partial charge in [0.05, 0.1) is 6.61 Å². The molecule has 1 aromatic carbocycles. The molecule has 0 bridgehead atoms. The van der Waals surface area contributed by atoms with Gasteiger partial charge in [0.25, 0.3) is 0 Å². The fourth-order valence-electron chi connectivity index (χ4n) is 1.94. The molecule has 2 heteroatoms. The van der Waals surface area contributed by atoms with Crippen molar-refractivity contribution < 1.29 is 4.74 Å². The molecule has 0 fully saturated rings. The predicted molar refractivity (Wildman–Crippen MR) is 77.9 cm³/mol. The Labute approximate surface area is 112 Å². The molecule has 102 valence electrons. The van der Waals surface area contributed by atoms with Crippen LogP contribution in [-0.4, -0.2) is 6.61 Å². The molecule has 0 saturated heterocycles. The summed E-state index contributed by atoms with van der Waals surface area (Å²) in [5.74, 6) is 0.952. The largest absolute Gasteiger partial charge is 0.494 e. The summed E-state index contributed by atoms with van der Waals surface area (Å²) in [6.45, 7) is 5.06. The summed E-state index contributed by atoms with van der Waals surface area (Å²) in [4.78, 5) is 0. The van der Waals surface area contributed by atoms with Crippen LogP contribution < -0.4 is 10.5 Å². The molecule has 0 aliphatic rings. The lowest BCUT2D eigenvalue weighted by molar-refractivity contribution is 0.304. The molecule has 1 rings (SSSR count). The fourth-order valence-corrected chi connectivity index (χ4v) is 1.94. The lowest BCUT2D eigenvalue weighted by atomic mass is 10.1. The van der Waals surface area contributed by atoms with Gasteiger partial charge in [-0.1, -0.05) is 51.2 Å². The van der Waals surface area contributed by atoms with Crippen LogP contribution >= 0.6 is 0 Å². The molecule has 0 aliphatic heterocycles. The van der Waals surface area contributed by atoms with E-state index < -0.39 is 0 Å². The summed E-state index contributed by atoms with van der Waals surface area (Å²) >= 11 is 0. The molecule has 2 nitrogen and oxygen atoms in total. The van der Waals surface area contributed by atoms with Crippen molar-refractivity contribution in [1.29, 1.82) is 0 Å². The SMILES string of the molecule is CCCCCCCCOc1ccc(C(C)N)cc1. The highest BCUT2D eigenvalue weighted by molar-refractivity contribution is 5.28. The highest BCUT2D eigenvalue weighted by Gasteiger charge is 1.99. The quantitative estimate of drug-likeness (QED) is 0.656. The molecule has 1 unspecified atom stereocenters. The summed E-state index contributed by atoms with van der Waals surface area (Å²) in [5, 5.41) is 0. The zero-order valence-corrected chi connectivity index (χ0v) is 11.8. The van der Waals surface area contributed by atoms with E-state index in [2.05, 4.69) is 6.92 Å². The normalized spacial score (nSPS) is 12.4. The third-order valence-corrected chi connectivity index (χ3v) is 3.17. The van der Waals surface area contributed by atoms with Gasteiger partial charge in [0.2, 0.25) is 0 Å². The van der Waals surface area contributed by atoms with Crippen LogP contribution in [0.4, 0.5) is 0 Å². The van der Waals surface area contributed by atoms with Crippen LogP contribution in [0.1, 0.15) is 64.0 Å². The Bertz CT molecular complexity index is 305. The van der Waals surface area contributed by atoms with Crippen molar-refractivity contribution in [2.75, 3.05) is 6.61 Å². The average molecular weight is 249 g/mol. The van der Waals surface area contributed by atoms with E-state index in [1.807, 2.05) is 31.2 Å². The Hall–Kier alpha value is -1.02. The van der Waals surface area contributed by atoms with E-state index in [-0.39, 0.29) is 6.04 Å². The number of ether oxygens (including phenoxy) is 1. The molecule has 0 saturated carbocycles. The summed E-state index contributed by atoms with van der Waals surface area (Å²) in [6.07, 6.45) is 7.79. The number of hydrogen-bond acceptors (Lipinski definition) is 2. The summed E-state index contributed by atoms with van der Waals surface area (Å²) in [7, 11) is 0. The standard InChI is InChI=1S/C16H27NO/c1-3-4-5-6-7-8-13-18-16-11-9-15(10-12-16)14(2)17/h9-12,14H,3-8,13,17H2,1-2H3. The van der Waals surface area contributed by atoms with Gasteiger partial charge in [0.15, 0.2) is 0 Å². The first-order valence-electron chi connectivity index (χ1n) is 7.22. The van der Waals surface area contributed by atoms with Crippen molar-refractivity contribution in [2.45, 2.75) is 58.4 Å². The molecule has 18 heavy (non-hydrogen) atoms. The average Bonchev–Trinajstić information content (AvgIpc) is 2.38. The maximum Gasteiger partial charge on any atom is 0.119 e. The zero-order valence-electron chi connectivity index (χ0n) is 11.8. The second-order valence-electron chi connectivity index (χ2n) is 4.97. The number of hydrogen-bond donors (Lipinski definition) is 1. The molecule has 0 aliphatic carbocycles. The molecular formula is C16H27NO. The lowest BCUT2D eigenvalue weighted by Gasteiger charge is -2.09. The Balaban J connectivity index is 2.12. The molecule has 1 aromatic rings. The van der Waals surface area contributed by atoms with Crippen LogP contribution in [0.15, 0.2) is 24.3 Å². The maximum absolute atomic E-state index is 5.80. The number of nitrogens with two attached hydrogens (primary N) is 1. The van der Waals surface area contributed by atoms with E-state index in [0.717, 1.165) is 24.3 Å². The number of unbranched alkanes of at least 4 members (excludes halogenated alkanes) is 5. The highest BCUT2D eigenvalue weighted by Crippen LogP contribution is 2.16. The molecule has 0 amide bonds. The van der Waals surface area contributed by atoms with Crippen molar-refractivity contribution in [3.63, 3.8) is 0 Å². The van der Waals surface area contributed by atoms with E-state index >= 15 is 0 Å². The van der Waals surface area contributed by atoms with Crippen molar-refractivity contribution in [3.8, 4) is 5.75 Å². The third-order valence-electron chi connectivity index (χ3n) is 3.17. The molecule has 0 spiro atoms. The molecule has 1 atom stereocenters. The van der Waals surface area contributed by atoms with Crippen LogP contribution in [0.5, 0.6) is 5.75 Å². The van der Waals surface area contributed by atoms with Gasteiger partial charge in [0.1, 0.15) is 5.75 Å². The first kappa shape index (κ1) is 15.0. The second kappa shape index (κ2) is 8.98. The Morgan fingerprint density at radius 2 is 1.61 bits per heavy atom. The lowest BCUT2D eigenvalue weighted by Crippen LogP contribution is -2.04. The minimum atomic E-state index is 0.0950. The fraction of sp³-hybridized carbons (Fsp3) is 0.625. The van der Waals surface area contributed by atoms with Crippen LogP contribution in [-0.2, 0) is 0 Å². The van der Waals surface area contributed by atoms with Crippen LogP contribution in [0.2, 0.25) is 0 Å². The summed E-state index contributed by atoms with van der Waals surface area (Å²) in [5.41, 5.74) is 6.96. The third kappa shape index (κ3) is 6.06. The van der Waals surface area contributed by atoms with Crippen molar-refractivity contribution >= 4 is 0 Å². The molecule has 2 N–H and O–H groups in total. The van der Waals surface area contributed by atoms with E-state index in [0.29, 0.717) is 0 Å². The van der Waals surface area contributed by atoms with Crippen molar-refractivity contribution in [2.24, 2.45) is 5.73 Å². The Morgan fingerprint density at radius 1 is 1.00 bits per heavy atom. The minimum absolute atomic E-state index is 0.0950. The number of rotatable bonds is 9.